The molecule has 0 aliphatic carbocycles. The summed E-state index contributed by atoms with van der Waals surface area (Å²) in [6, 6.07) is 59.6. The van der Waals surface area contributed by atoms with Crippen LogP contribution in [0.15, 0.2) is 170 Å². The van der Waals surface area contributed by atoms with Crippen molar-refractivity contribution in [2.75, 3.05) is 0 Å². The van der Waals surface area contributed by atoms with Gasteiger partial charge in [0.15, 0.2) is 17.5 Å². The average molecular weight is 693 g/mol. The van der Waals surface area contributed by atoms with Crippen molar-refractivity contribution in [1.29, 1.82) is 0 Å². The highest BCUT2D eigenvalue weighted by atomic mass is 32.1. The first-order chi connectivity index (χ1) is 26.3. The number of aromatic nitrogens is 4. The standard InChI is InChI=1S/C48H28N4S/c1-2-12-30(13-3-1)46-50-47(52-48(51-46)32-26-27-37-35-16-5-4-14-33(35)34-15-6-7-17-36(34)40(37)28-32)31-24-22-29(23-25-31)44-45-43(38-18-8-10-20-41(38)49-44)39-19-9-11-21-42(39)53-45/h1-28H. The number of nitrogens with zero attached hydrogens (tertiary/aromatic N) is 4. The monoisotopic (exact) mass is 692 g/mol. The number of hydrogen-bond acceptors (Lipinski definition) is 5. The Labute approximate surface area is 308 Å². The zero-order chi connectivity index (χ0) is 34.9. The van der Waals surface area contributed by atoms with E-state index in [1.165, 1.54) is 57.9 Å². The number of fused-ring (bicyclic) bond motifs is 11. The molecule has 0 N–H and O–H groups in total. The Kier molecular flexibility index (Phi) is 6.69. The highest BCUT2D eigenvalue weighted by molar-refractivity contribution is 7.26. The van der Waals surface area contributed by atoms with E-state index in [2.05, 4.69) is 140 Å². The van der Waals surface area contributed by atoms with Crippen molar-refractivity contribution in [3.63, 3.8) is 0 Å². The molecule has 0 aliphatic heterocycles. The molecule has 0 bridgehead atoms. The predicted octanol–water partition coefficient (Wildman–Crippen LogP) is 12.9. The van der Waals surface area contributed by atoms with E-state index >= 15 is 0 Å². The minimum atomic E-state index is 0.627. The van der Waals surface area contributed by atoms with E-state index in [-0.39, 0.29) is 0 Å². The van der Waals surface area contributed by atoms with E-state index in [4.69, 9.17) is 19.9 Å². The van der Waals surface area contributed by atoms with Gasteiger partial charge in [0, 0.05) is 43.1 Å². The smallest absolute Gasteiger partial charge is 0.164 e. The fraction of sp³-hybridized carbons (Fsp3) is 0. The first-order valence-corrected chi connectivity index (χ1v) is 18.5. The van der Waals surface area contributed by atoms with Crippen molar-refractivity contribution in [1.82, 2.24) is 19.9 Å². The SMILES string of the molecule is c1ccc(-c2nc(-c3ccc(-c4nc5ccccc5c5c4sc4ccccc45)cc3)nc(-c3ccc4c5ccccc5c5ccccc5c4c3)n2)cc1. The second kappa shape index (κ2) is 11.9. The molecule has 0 saturated heterocycles. The zero-order valence-corrected chi connectivity index (χ0v) is 29.2. The number of para-hydroxylation sites is 1. The summed E-state index contributed by atoms with van der Waals surface area (Å²) in [6.07, 6.45) is 0. The Hall–Kier alpha value is -6.82. The third-order valence-corrected chi connectivity index (χ3v) is 11.5. The highest BCUT2D eigenvalue weighted by Gasteiger charge is 2.18. The van der Waals surface area contributed by atoms with Crippen LogP contribution in [0.2, 0.25) is 0 Å². The van der Waals surface area contributed by atoms with Crippen LogP contribution in [0.4, 0.5) is 0 Å². The molecule has 4 nitrogen and oxygen atoms in total. The largest absolute Gasteiger partial charge is 0.246 e. The third kappa shape index (κ3) is 4.82. The van der Waals surface area contributed by atoms with Gasteiger partial charge in [0.2, 0.25) is 0 Å². The van der Waals surface area contributed by atoms with Gasteiger partial charge in [0.05, 0.1) is 15.9 Å². The van der Waals surface area contributed by atoms with Crippen LogP contribution in [0.25, 0.3) is 109 Å². The van der Waals surface area contributed by atoms with Crippen LogP contribution >= 0.6 is 11.3 Å². The molecule has 0 unspecified atom stereocenters. The Balaban J connectivity index is 1.08. The van der Waals surface area contributed by atoms with Crippen LogP contribution in [-0.4, -0.2) is 19.9 Å². The molecule has 0 amide bonds. The lowest BCUT2D eigenvalue weighted by Gasteiger charge is -2.13. The molecule has 53 heavy (non-hydrogen) atoms. The quantitative estimate of drug-likeness (QED) is 0.172. The average Bonchev–Trinajstić information content (AvgIpc) is 3.64. The highest BCUT2D eigenvalue weighted by Crippen LogP contribution is 2.43. The molecule has 0 radical (unpaired) electrons. The molecule has 11 aromatic rings. The van der Waals surface area contributed by atoms with Gasteiger partial charge in [-0.3, -0.25) is 0 Å². The Morgan fingerprint density at radius 1 is 0.321 bits per heavy atom. The minimum absolute atomic E-state index is 0.627. The summed E-state index contributed by atoms with van der Waals surface area (Å²) in [5.41, 5.74) is 5.85. The maximum Gasteiger partial charge on any atom is 0.164 e. The first-order valence-electron chi connectivity index (χ1n) is 17.7. The van der Waals surface area contributed by atoms with Gasteiger partial charge in [-0.25, -0.2) is 19.9 Å². The molecule has 246 valence electrons. The predicted molar refractivity (Wildman–Crippen MR) is 222 cm³/mol. The second-order valence-corrected chi connectivity index (χ2v) is 14.4. The molecule has 0 atom stereocenters. The Bertz CT molecular complexity index is 3190. The van der Waals surface area contributed by atoms with E-state index in [0.717, 1.165) is 33.5 Å². The van der Waals surface area contributed by atoms with Crippen molar-refractivity contribution in [3.05, 3.63) is 170 Å². The van der Waals surface area contributed by atoms with E-state index in [1.54, 1.807) is 11.3 Å². The van der Waals surface area contributed by atoms with Crippen molar-refractivity contribution in [3.8, 4) is 45.4 Å². The summed E-state index contributed by atoms with van der Waals surface area (Å²) >= 11 is 1.80. The maximum atomic E-state index is 5.21. The van der Waals surface area contributed by atoms with Crippen LogP contribution in [0.1, 0.15) is 0 Å². The molecular formula is C48H28N4S. The molecule has 3 aromatic heterocycles. The number of benzene rings is 8. The lowest BCUT2D eigenvalue weighted by Crippen LogP contribution is -2.00. The summed E-state index contributed by atoms with van der Waals surface area (Å²) in [5.74, 6) is 1.91. The molecule has 8 aromatic carbocycles. The fourth-order valence-corrected chi connectivity index (χ4v) is 9.03. The van der Waals surface area contributed by atoms with Gasteiger partial charge in [-0.15, -0.1) is 11.3 Å². The van der Waals surface area contributed by atoms with E-state index in [0.29, 0.717) is 17.5 Å². The van der Waals surface area contributed by atoms with Crippen molar-refractivity contribution in [2.45, 2.75) is 0 Å². The first kappa shape index (κ1) is 29.9. The Morgan fingerprint density at radius 3 is 1.47 bits per heavy atom. The molecule has 3 heterocycles. The van der Waals surface area contributed by atoms with Gasteiger partial charge in [0.1, 0.15) is 0 Å². The lowest BCUT2D eigenvalue weighted by atomic mass is 9.93. The molecular weight excluding hydrogens is 665 g/mol. The van der Waals surface area contributed by atoms with Crippen molar-refractivity contribution >= 4 is 74.7 Å². The molecule has 11 rings (SSSR count). The summed E-state index contributed by atoms with van der Waals surface area (Å²) in [7, 11) is 0. The van der Waals surface area contributed by atoms with Crippen LogP contribution in [0.3, 0.4) is 0 Å². The summed E-state index contributed by atoms with van der Waals surface area (Å²) in [5, 5.41) is 11.1. The number of hydrogen-bond donors (Lipinski definition) is 0. The molecule has 5 heteroatoms. The summed E-state index contributed by atoms with van der Waals surface area (Å²) in [6.45, 7) is 0. The van der Waals surface area contributed by atoms with Gasteiger partial charge in [0.25, 0.3) is 0 Å². The van der Waals surface area contributed by atoms with E-state index in [9.17, 15) is 0 Å². The van der Waals surface area contributed by atoms with Crippen LogP contribution in [-0.2, 0) is 0 Å². The van der Waals surface area contributed by atoms with Gasteiger partial charge in [-0.1, -0.05) is 152 Å². The van der Waals surface area contributed by atoms with Crippen LogP contribution < -0.4 is 0 Å². The second-order valence-electron chi connectivity index (χ2n) is 13.4. The van der Waals surface area contributed by atoms with E-state index in [1.807, 2.05) is 30.3 Å². The van der Waals surface area contributed by atoms with Gasteiger partial charge in [-0.2, -0.15) is 0 Å². The van der Waals surface area contributed by atoms with Gasteiger partial charge < -0.3 is 0 Å². The van der Waals surface area contributed by atoms with Crippen LogP contribution in [0, 0.1) is 0 Å². The van der Waals surface area contributed by atoms with Crippen molar-refractivity contribution < 1.29 is 0 Å². The third-order valence-electron chi connectivity index (χ3n) is 10.3. The number of rotatable bonds is 4. The lowest BCUT2D eigenvalue weighted by molar-refractivity contribution is 1.07. The van der Waals surface area contributed by atoms with Crippen LogP contribution in [0.5, 0.6) is 0 Å². The van der Waals surface area contributed by atoms with Gasteiger partial charge in [-0.05, 0) is 50.5 Å². The Morgan fingerprint density at radius 2 is 0.792 bits per heavy atom. The van der Waals surface area contributed by atoms with Crippen molar-refractivity contribution in [2.24, 2.45) is 0 Å². The number of thiophene rings is 1. The maximum absolute atomic E-state index is 5.21. The summed E-state index contributed by atoms with van der Waals surface area (Å²) < 4.78 is 2.46. The molecule has 0 aliphatic rings. The molecule has 0 fully saturated rings. The van der Waals surface area contributed by atoms with Gasteiger partial charge >= 0.3 is 0 Å². The topological polar surface area (TPSA) is 51.6 Å². The van der Waals surface area contributed by atoms with E-state index < -0.39 is 0 Å². The molecule has 0 spiro atoms. The zero-order valence-electron chi connectivity index (χ0n) is 28.4. The molecule has 0 saturated carbocycles. The minimum Gasteiger partial charge on any atom is -0.246 e. The normalized spacial score (nSPS) is 11.8. The summed E-state index contributed by atoms with van der Waals surface area (Å²) in [4.78, 5) is 20.5. The number of pyridine rings is 1. The fourth-order valence-electron chi connectivity index (χ4n) is 7.80.